The highest BCUT2D eigenvalue weighted by Crippen LogP contribution is 2.23. The first kappa shape index (κ1) is 23.4. The fraction of sp³-hybridized carbons (Fsp3) is 0.360. The second kappa shape index (κ2) is 14.1. The average Bonchev–Trinajstić information content (AvgIpc) is 2.79. The van der Waals surface area contributed by atoms with Gasteiger partial charge in [-0.05, 0) is 47.7 Å². The summed E-state index contributed by atoms with van der Waals surface area (Å²) in [7, 11) is 1.67. The standard InChI is InChI=1S/C25H33N3O2/c1-3-4-5-9-22(23-12-14-24(30-2)15-13-23)10-6-11-25(29)28-18-17-27-20-21-8-7-16-26-19-21/h6-8,10-16,19,27H,3-5,9,17-18,20H2,1-2H3,(H,28,29)/b11-6+,22-10+. The Morgan fingerprint density at radius 1 is 1.13 bits per heavy atom. The molecule has 0 bridgehead atoms. The predicted octanol–water partition coefficient (Wildman–Crippen LogP) is 4.52. The Morgan fingerprint density at radius 3 is 2.67 bits per heavy atom. The third-order valence-corrected chi connectivity index (χ3v) is 4.71. The van der Waals surface area contributed by atoms with E-state index < -0.39 is 0 Å². The lowest BCUT2D eigenvalue weighted by Crippen LogP contribution is -2.30. The first-order chi connectivity index (χ1) is 14.7. The van der Waals surface area contributed by atoms with Crippen LogP contribution in [0, 0.1) is 0 Å². The lowest BCUT2D eigenvalue weighted by atomic mass is 9.99. The van der Waals surface area contributed by atoms with Crippen molar-refractivity contribution in [2.45, 2.75) is 39.2 Å². The second-order valence-electron chi connectivity index (χ2n) is 7.07. The molecule has 2 rings (SSSR count). The van der Waals surface area contributed by atoms with Gasteiger partial charge in [-0.25, -0.2) is 0 Å². The van der Waals surface area contributed by atoms with Crippen LogP contribution in [0.2, 0.25) is 0 Å². The van der Waals surface area contributed by atoms with Gasteiger partial charge in [-0.2, -0.15) is 0 Å². The third-order valence-electron chi connectivity index (χ3n) is 4.71. The van der Waals surface area contributed by atoms with Crippen molar-refractivity contribution in [1.82, 2.24) is 15.6 Å². The number of nitrogens with one attached hydrogen (secondary N) is 2. The Labute approximate surface area is 180 Å². The maximum atomic E-state index is 12.1. The Hall–Kier alpha value is -2.92. The maximum absolute atomic E-state index is 12.1. The number of methoxy groups -OCH3 is 1. The minimum atomic E-state index is -0.0860. The molecule has 0 aliphatic carbocycles. The molecule has 0 saturated carbocycles. The molecular formula is C25H33N3O2. The number of nitrogens with zero attached hydrogens (tertiary/aromatic N) is 1. The molecule has 0 radical (unpaired) electrons. The summed E-state index contributed by atoms with van der Waals surface area (Å²) in [5.41, 5.74) is 3.52. The molecule has 5 heteroatoms. The zero-order chi connectivity index (χ0) is 21.4. The van der Waals surface area contributed by atoms with Crippen molar-refractivity contribution < 1.29 is 9.53 Å². The highest BCUT2D eigenvalue weighted by atomic mass is 16.5. The molecule has 1 aromatic carbocycles. The SMILES string of the molecule is CCCCC/C(=C\C=C\C(=O)NCCNCc1cccnc1)c1ccc(OC)cc1. The minimum absolute atomic E-state index is 0.0860. The highest BCUT2D eigenvalue weighted by molar-refractivity contribution is 5.88. The number of rotatable bonds is 13. The lowest BCUT2D eigenvalue weighted by Gasteiger charge is -2.08. The number of allylic oxidation sites excluding steroid dienone is 3. The Bertz CT molecular complexity index is 799. The predicted molar refractivity (Wildman–Crippen MR) is 123 cm³/mol. The lowest BCUT2D eigenvalue weighted by molar-refractivity contribution is -0.116. The van der Waals surface area contributed by atoms with Crippen molar-refractivity contribution in [2.24, 2.45) is 0 Å². The monoisotopic (exact) mass is 407 g/mol. The van der Waals surface area contributed by atoms with Crippen LogP contribution in [0.5, 0.6) is 5.75 Å². The molecular weight excluding hydrogens is 374 g/mol. The summed E-state index contributed by atoms with van der Waals surface area (Å²) in [4.78, 5) is 16.1. The molecule has 0 saturated heterocycles. The van der Waals surface area contributed by atoms with Gasteiger partial charge in [-0.1, -0.05) is 50.1 Å². The molecule has 30 heavy (non-hydrogen) atoms. The Kier molecular flexibility index (Phi) is 11.0. The summed E-state index contributed by atoms with van der Waals surface area (Å²) in [5, 5.41) is 6.19. The van der Waals surface area contributed by atoms with Crippen LogP contribution in [-0.4, -0.2) is 31.1 Å². The number of carbonyl (C=O) groups is 1. The van der Waals surface area contributed by atoms with Crippen LogP contribution < -0.4 is 15.4 Å². The van der Waals surface area contributed by atoms with Gasteiger partial charge >= 0.3 is 0 Å². The second-order valence-corrected chi connectivity index (χ2v) is 7.07. The van der Waals surface area contributed by atoms with Crippen molar-refractivity contribution >= 4 is 11.5 Å². The van der Waals surface area contributed by atoms with Crippen molar-refractivity contribution in [3.05, 3.63) is 78.1 Å². The van der Waals surface area contributed by atoms with Crippen LogP contribution in [0.4, 0.5) is 0 Å². The summed E-state index contributed by atoms with van der Waals surface area (Å²) in [6, 6.07) is 12.0. The molecule has 160 valence electrons. The van der Waals surface area contributed by atoms with Crippen molar-refractivity contribution in [2.75, 3.05) is 20.2 Å². The average molecular weight is 408 g/mol. The van der Waals surface area contributed by atoms with Crippen molar-refractivity contribution in [3.63, 3.8) is 0 Å². The van der Waals surface area contributed by atoms with E-state index >= 15 is 0 Å². The Balaban J connectivity index is 1.80. The number of pyridine rings is 1. The van der Waals surface area contributed by atoms with E-state index in [-0.39, 0.29) is 5.91 Å². The van der Waals surface area contributed by atoms with E-state index in [2.05, 4.69) is 34.7 Å². The maximum Gasteiger partial charge on any atom is 0.244 e. The Morgan fingerprint density at radius 2 is 1.97 bits per heavy atom. The van der Waals surface area contributed by atoms with Gasteiger partial charge in [0.15, 0.2) is 0 Å². The molecule has 2 N–H and O–H groups in total. The molecule has 5 nitrogen and oxygen atoms in total. The molecule has 0 atom stereocenters. The number of ether oxygens (including phenoxy) is 1. The zero-order valence-corrected chi connectivity index (χ0v) is 18.1. The quantitative estimate of drug-likeness (QED) is 0.291. The third kappa shape index (κ3) is 9.05. The van der Waals surface area contributed by atoms with E-state index in [0.29, 0.717) is 13.1 Å². The van der Waals surface area contributed by atoms with Gasteiger partial charge in [0, 0.05) is 38.1 Å². The van der Waals surface area contributed by atoms with Gasteiger partial charge in [0.05, 0.1) is 7.11 Å². The molecule has 0 spiro atoms. The first-order valence-corrected chi connectivity index (χ1v) is 10.6. The topological polar surface area (TPSA) is 63.2 Å². The summed E-state index contributed by atoms with van der Waals surface area (Å²) >= 11 is 0. The number of aromatic nitrogens is 1. The van der Waals surface area contributed by atoms with Crippen LogP contribution in [0.1, 0.15) is 43.7 Å². The minimum Gasteiger partial charge on any atom is -0.497 e. The van der Waals surface area contributed by atoms with E-state index in [4.69, 9.17) is 4.74 Å². The number of benzene rings is 1. The zero-order valence-electron chi connectivity index (χ0n) is 18.1. The number of amides is 1. The fourth-order valence-electron chi connectivity index (χ4n) is 3.01. The van der Waals surface area contributed by atoms with Crippen LogP contribution in [0.15, 0.2) is 67.0 Å². The summed E-state index contributed by atoms with van der Waals surface area (Å²) in [5.74, 6) is 0.760. The van der Waals surface area contributed by atoms with Gasteiger partial charge in [0.1, 0.15) is 5.75 Å². The van der Waals surface area contributed by atoms with E-state index in [0.717, 1.165) is 36.3 Å². The summed E-state index contributed by atoms with van der Waals surface area (Å²) in [6.07, 6.45) is 13.6. The molecule has 1 amide bonds. The molecule has 1 aromatic heterocycles. The van der Waals surface area contributed by atoms with Gasteiger partial charge in [0.2, 0.25) is 5.91 Å². The molecule has 2 aromatic rings. The van der Waals surface area contributed by atoms with Crippen molar-refractivity contribution in [1.29, 1.82) is 0 Å². The van der Waals surface area contributed by atoms with Crippen LogP contribution >= 0.6 is 0 Å². The summed E-state index contributed by atoms with van der Waals surface area (Å²) < 4.78 is 5.25. The smallest absolute Gasteiger partial charge is 0.244 e. The largest absolute Gasteiger partial charge is 0.497 e. The van der Waals surface area contributed by atoms with E-state index in [1.165, 1.54) is 18.4 Å². The van der Waals surface area contributed by atoms with Crippen LogP contribution in [-0.2, 0) is 11.3 Å². The molecule has 1 heterocycles. The van der Waals surface area contributed by atoms with Crippen LogP contribution in [0.25, 0.3) is 5.57 Å². The number of hydrogen-bond donors (Lipinski definition) is 2. The van der Waals surface area contributed by atoms with Crippen LogP contribution in [0.3, 0.4) is 0 Å². The molecule has 0 aliphatic heterocycles. The van der Waals surface area contributed by atoms with E-state index in [1.807, 2.05) is 42.6 Å². The van der Waals surface area contributed by atoms with Gasteiger partial charge in [-0.3, -0.25) is 9.78 Å². The number of unbranched alkanes of at least 4 members (excludes halogenated alkanes) is 2. The first-order valence-electron chi connectivity index (χ1n) is 10.6. The van der Waals surface area contributed by atoms with Gasteiger partial charge < -0.3 is 15.4 Å². The van der Waals surface area contributed by atoms with Gasteiger partial charge in [0.25, 0.3) is 0 Å². The van der Waals surface area contributed by atoms with E-state index in [9.17, 15) is 4.79 Å². The van der Waals surface area contributed by atoms with Crippen molar-refractivity contribution in [3.8, 4) is 5.75 Å². The van der Waals surface area contributed by atoms with E-state index in [1.54, 1.807) is 19.4 Å². The van der Waals surface area contributed by atoms with Gasteiger partial charge in [-0.15, -0.1) is 0 Å². The highest BCUT2D eigenvalue weighted by Gasteiger charge is 2.02. The fourth-order valence-corrected chi connectivity index (χ4v) is 3.01. The number of carbonyl (C=O) groups excluding carboxylic acids is 1. The molecule has 0 aliphatic rings. The normalized spacial score (nSPS) is 11.6. The summed E-state index contributed by atoms with van der Waals surface area (Å²) in [6.45, 7) is 4.23. The molecule has 0 unspecified atom stereocenters. The molecule has 0 fully saturated rings. The number of hydrogen-bond acceptors (Lipinski definition) is 4.